The van der Waals surface area contributed by atoms with Gasteiger partial charge in [-0.15, -0.1) is 0 Å². The summed E-state index contributed by atoms with van der Waals surface area (Å²) >= 11 is 11.7. The molecule has 1 aromatic carbocycles. The van der Waals surface area contributed by atoms with Crippen LogP contribution in [0.4, 0.5) is 0 Å². The standard InChI is InChI=1S/C17H11Cl2N5O3/c1-9-15(27-13-3-10(6-20)2-12(18)5-13)17(26)24(8-21-9)7-11-4-14(19)22-23-16(11)25/h2-5,8H,7H2,1H3,(H,23,25). The molecular weight excluding hydrogens is 393 g/mol. The molecule has 10 heteroatoms. The summed E-state index contributed by atoms with van der Waals surface area (Å²) in [6, 6.07) is 7.73. The molecule has 2 aromatic heterocycles. The van der Waals surface area contributed by atoms with E-state index in [1.54, 1.807) is 6.92 Å². The molecular formula is C17H11Cl2N5O3. The molecule has 8 nitrogen and oxygen atoms in total. The first kappa shape index (κ1) is 18.6. The third kappa shape index (κ3) is 4.16. The zero-order valence-corrected chi connectivity index (χ0v) is 15.4. The Labute approximate surface area is 162 Å². The highest BCUT2D eigenvalue weighted by Gasteiger charge is 2.14. The lowest BCUT2D eigenvalue weighted by atomic mass is 10.2. The SMILES string of the molecule is Cc1ncn(Cc2cc(Cl)n[nH]c2=O)c(=O)c1Oc1cc(Cl)cc(C#N)c1. The maximum Gasteiger partial charge on any atom is 0.296 e. The average molecular weight is 404 g/mol. The Kier molecular flexibility index (Phi) is 5.26. The predicted molar refractivity (Wildman–Crippen MR) is 98.4 cm³/mol. The molecule has 0 amide bonds. The second kappa shape index (κ2) is 7.61. The van der Waals surface area contributed by atoms with Crippen LogP contribution in [0.15, 0.2) is 40.2 Å². The molecule has 0 bridgehead atoms. The molecule has 0 atom stereocenters. The van der Waals surface area contributed by atoms with Gasteiger partial charge in [0.1, 0.15) is 10.9 Å². The van der Waals surface area contributed by atoms with E-state index in [4.69, 9.17) is 33.2 Å². The first-order chi connectivity index (χ1) is 12.9. The molecule has 136 valence electrons. The molecule has 1 N–H and O–H groups in total. The number of ether oxygens (including phenoxy) is 1. The maximum atomic E-state index is 12.8. The molecule has 0 saturated carbocycles. The summed E-state index contributed by atoms with van der Waals surface area (Å²) < 4.78 is 6.85. The Hall–Kier alpha value is -3.15. The highest BCUT2D eigenvalue weighted by atomic mass is 35.5. The minimum Gasteiger partial charge on any atom is -0.450 e. The molecule has 0 aliphatic carbocycles. The van der Waals surface area contributed by atoms with Gasteiger partial charge in [0.15, 0.2) is 0 Å². The number of hydrogen-bond acceptors (Lipinski definition) is 6. The highest BCUT2D eigenvalue weighted by molar-refractivity contribution is 6.30. The van der Waals surface area contributed by atoms with Crippen LogP contribution < -0.4 is 15.9 Å². The van der Waals surface area contributed by atoms with Gasteiger partial charge in [0.05, 0.1) is 30.2 Å². The van der Waals surface area contributed by atoms with Crippen LogP contribution >= 0.6 is 23.2 Å². The van der Waals surface area contributed by atoms with E-state index in [0.29, 0.717) is 10.7 Å². The van der Waals surface area contributed by atoms with Crippen molar-refractivity contribution in [2.75, 3.05) is 0 Å². The van der Waals surface area contributed by atoms with Crippen LogP contribution in [0.3, 0.4) is 0 Å². The summed E-state index contributed by atoms with van der Waals surface area (Å²) in [4.78, 5) is 28.8. The maximum absolute atomic E-state index is 12.8. The molecule has 0 spiro atoms. The van der Waals surface area contributed by atoms with E-state index >= 15 is 0 Å². The van der Waals surface area contributed by atoms with Crippen molar-refractivity contribution in [1.82, 2.24) is 19.7 Å². The molecule has 0 aliphatic heterocycles. The van der Waals surface area contributed by atoms with Crippen LogP contribution in [-0.4, -0.2) is 19.7 Å². The number of nitrogens with zero attached hydrogens (tertiary/aromatic N) is 4. The second-order valence-electron chi connectivity index (χ2n) is 5.53. The van der Waals surface area contributed by atoms with Gasteiger partial charge in [0, 0.05) is 10.6 Å². The average Bonchev–Trinajstić information content (AvgIpc) is 2.63. The van der Waals surface area contributed by atoms with Crippen LogP contribution in [0.2, 0.25) is 10.2 Å². The van der Waals surface area contributed by atoms with Crippen LogP contribution in [0, 0.1) is 18.3 Å². The normalized spacial score (nSPS) is 10.4. The van der Waals surface area contributed by atoms with E-state index in [9.17, 15) is 9.59 Å². The van der Waals surface area contributed by atoms with E-state index in [-0.39, 0.29) is 34.3 Å². The third-order valence-corrected chi connectivity index (χ3v) is 4.00. The smallest absolute Gasteiger partial charge is 0.296 e. The Bertz CT molecular complexity index is 1180. The molecule has 0 saturated heterocycles. The van der Waals surface area contributed by atoms with E-state index < -0.39 is 11.1 Å². The number of nitriles is 1. The first-order valence-electron chi connectivity index (χ1n) is 7.56. The highest BCUT2D eigenvalue weighted by Crippen LogP contribution is 2.25. The van der Waals surface area contributed by atoms with Gasteiger partial charge in [-0.3, -0.25) is 14.2 Å². The van der Waals surface area contributed by atoms with Crippen molar-refractivity contribution in [3.05, 3.63) is 78.3 Å². The van der Waals surface area contributed by atoms with Gasteiger partial charge in [0.25, 0.3) is 11.1 Å². The number of aromatic nitrogens is 4. The number of nitrogens with one attached hydrogen (secondary N) is 1. The lowest BCUT2D eigenvalue weighted by molar-refractivity contribution is 0.458. The van der Waals surface area contributed by atoms with Gasteiger partial charge in [-0.25, -0.2) is 10.1 Å². The van der Waals surface area contributed by atoms with Gasteiger partial charge < -0.3 is 4.74 Å². The zero-order valence-electron chi connectivity index (χ0n) is 13.9. The van der Waals surface area contributed by atoms with Crippen molar-refractivity contribution >= 4 is 23.2 Å². The van der Waals surface area contributed by atoms with Crippen molar-refractivity contribution in [2.24, 2.45) is 0 Å². The minimum absolute atomic E-state index is 0.0414. The lowest BCUT2D eigenvalue weighted by Crippen LogP contribution is -2.26. The van der Waals surface area contributed by atoms with Crippen molar-refractivity contribution in [2.45, 2.75) is 13.5 Å². The minimum atomic E-state index is -0.506. The monoisotopic (exact) mass is 403 g/mol. The summed E-state index contributed by atoms with van der Waals surface area (Å²) in [5.41, 5.74) is -0.104. The van der Waals surface area contributed by atoms with Gasteiger partial charge in [-0.1, -0.05) is 23.2 Å². The van der Waals surface area contributed by atoms with E-state index in [2.05, 4.69) is 15.2 Å². The fraction of sp³-hybridized carbons (Fsp3) is 0.118. The van der Waals surface area contributed by atoms with E-state index in [1.165, 1.54) is 35.2 Å². The summed E-state index contributed by atoms with van der Waals surface area (Å²) in [6.07, 6.45) is 1.30. The lowest BCUT2D eigenvalue weighted by Gasteiger charge is -2.11. The van der Waals surface area contributed by atoms with E-state index in [0.717, 1.165) is 0 Å². The number of aryl methyl sites for hydroxylation is 1. The van der Waals surface area contributed by atoms with Crippen molar-refractivity contribution < 1.29 is 4.74 Å². The van der Waals surface area contributed by atoms with Gasteiger partial charge in [-0.05, 0) is 31.2 Å². The van der Waals surface area contributed by atoms with Gasteiger partial charge in [-0.2, -0.15) is 10.4 Å². The van der Waals surface area contributed by atoms with Crippen LogP contribution in [0.5, 0.6) is 11.5 Å². The molecule has 2 heterocycles. The molecule has 27 heavy (non-hydrogen) atoms. The summed E-state index contributed by atoms with van der Waals surface area (Å²) in [6.45, 7) is 1.53. The number of aromatic amines is 1. The fourth-order valence-corrected chi connectivity index (χ4v) is 2.70. The molecule has 0 unspecified atom stereocenters. The van der Waals surface area contributed by atoms with Gasteiger partial charge in [0.2, 0.25) is 5.75 Å². The van der Waals surface area contributed by atoms with Crippen molar-refractivity contribution in [3.8, 4) is 17.6 Å². The molecule has 0 radical (unpaired) electrons. The van der Waals surface area contributed by atoms with Crippen LogP contribution in [0.25, 0.3) is 0 Å². The molecule has 0 aliphatic rings. The summed E-state index contributed by atoms with van der Waals surface area (Å²) in [7, 11) is 0. The first-order valence-corrected chi connectivity index (χ1v) is 8.31. The summed E-state index contributed by atoms with van der Waals surface area (Å²) in [5.74, 6) is 0.184. The number of H-pyrrole nitrogens is 1. The number of hydrogen-bond donors (Lipinski definition) is 1. The van der Waals surface area contributed by atoms with Crippen LogP contribution in [0.1, 0.15) is 16.8 Å². The topological polar surface area (TPSA) is 114 Å². The van der Waals surface area contributed by atoms with E-state index in [1.807, 2.05) is 6.07 Å². The predicted octanol–water partition coefficient (Wildman–Crippen LogP) is 2.65. The summed E-state index contributed by atoms with van der Waals surface area (Å²) in [5, 5.41) is 15.2. The molecule has 3 aromatic rings. The fourth-order valence-electron chi connectivity index (χ4n) is 2.31. The zero-order chi connectivity index (χ0) is 19.6. The largest absolute Gasteiger partial charge is 0.450 e. The number of benzene rings is 1. The van der Waals surface area contributed by atoms with Crippen molar-refractivity contribution in [1.29, 1.82) is 5.26 Å². The Morgan fingerprint density at radius 3 is 2.78 bits per heavy atom. The Morgan fingerprint density at radius 1 is 1.26 bits per heavy atom. The quantitative estimate of drug-likeness (QED) is 0.715. The Morgan fingerprint density at radius 2 is 2.04 bits per heavy atom. The second-order valence-corrected chi connectivity index (χ2v) is 6.35. The van der Waals surface area contributed by atoms with Crippen molar-refractivity contribution in [3.63, 3.8) is 0 Å². The molecule has 3 rings (SSSR count). The molecule has 0 fully saturated rings. The third-order valence-electron chi connectivity index (χ3n) is 3.58. The van der Waals surface area contributed by atoms with Crippen LogP contribution in [-0.2, 0) is 6.54 Å². The number of halogens is 2. The number of rotatable bonds is 4. The van der Waals surface area contributed by atoms with Gasteiger partial charge >= 0.3 is 0 Å². The Balaban J connectivity index is 2.00.